The van der Waals surface area contributed by atoms with Crippen LogP contribution in [0.5, 0.6) is 11.5 Å². The molecule has 0 saturated heterocycles. The maximum absolute atomic E-state index is 13.9. The molecule has 0 spiro atoms. The van der Waals surface area contributed by atoms with Gasteiger partial charge in [-0.15, -0.1) is 0 Å². The van der Waals surface area contributed by atoms with Crippen LogP contribution < -0.4 is 20.3 Å². The summed E-state index contributed by atoms with van der Waals surface area (Å²) in [5.74, 6) is 0.0304. The van der Waals surface area contributed by atoms with E-state index in [9.17, 15) is 14.0 Å². The molecule has 0 radical (unpaired) electrons. The summed E-state index contributed by atoms with van der Waals surface area (Å²) in [6, 6.07) is 12.9. The molecular weight excluding hydrogens is 703 g/mol. The number of aryl methyl sites for hydroxylation is 1. The Balaban J connectivity index is 1.64. The molecule has 202 valence electrons. The predicted octanol–water partition coefficient (Wildman–Crippen LogP) is 6.68. The summed E-state index contributed by atoms with van der Waals surface area (Å²) < 4.78 is 28.5. The van der Waals surface area contributed by atoms with Crippen molar-refractivity contribution < 1.29 is 18.7 Å². The first-order valence-corrected chi connectivity index (χ1v) is 14.2. The first kappa shape index (κ1) is 28.9. The van der Waals surface area contributed by atoms with Crippen LogP contribution in [0.25, 0.3) is 10.9 Å². The van der Waals surface area contributed by atoms with Gasteiger partial charge in [0.15, 0.2) is 18.1 Å². The highest BCUT2D eigenvalue weighted by Crippen LogP contribution is 2.42. The van der Waals surface area contributed by atoms with Gasteiger partial charge in [0.2, 0.25) is 0 Å². The Morgan fingerprint density at radius 1 is 1.10 bits per heavy atom. The van der Waals surface area contributed by atoms with E-state index < -0.39 is 11.7 Å². The number of ether oxygens (including phenoxy) is 2. The highest BCUT2D eigenvalue weighted by Gasteiger charge is 2.19. The van der Waals surface area contributed by atoms with Gasteiger partial charge in [0.05, 0.1) is 33.9 Å². The maximum atomic E-state index is 13.9. The summed E-state index contributed by atoms with van der Waals surface area (Å²) >= 11 is 10.4. The molecule has 0 aliphatic carbocycles. The van der Waals surface area contributed by atoms with Gasteiger partial charge >= 0.3 is 0 Å². The quantitative estimate of drug-likeness (QED) is 0.195. The van der Waals surface area contributed by atoms with Crippen molar-refractivity contribution in [1.29, 1.82) is 0 Å². The molecule has 4 rings (SSSR count). The van der Waals surface area contributed by atoms with Gasteiger partial charge in [-0.1, -0.05) is 35.0 Å². The number of carbonyl (C=O) groups excluding carboxylic acids is 1. The number of nitrogens with one attached hydrogen (secondary N) is 1. The van der Waals surface area contributed by atoms with Crippen molar-refractivity contribution in [3.63, 3.8) is 0 Å². The zero-order valence-corrected chi connectivity index (χ0v) is 25.6. The number of hydrogen-bond donors (Lipinski definition) is 1. The van der Waals surface area contributed by atoms with Crippen LogP contribution in [0.3, 0.4) is 0 Å². The summed E-state index contributed by atoms with van der Waals surface area (Å²) in [6.45, 7) is 3.64. The molecule has 0 aliphatic heterocycles. The van der Waals surface area contributed by atoms with Crippen molar-refractivity contribution in [2.24, 2.45) is 5.10 Å². The molecule has 0 bridgehead atoms. The third kappa shape index (κ3) is 6.56. The topological polar surface area (TPSA) is 94.8 Å². The Morgan fingerprint density at radius 2 is 1.87 bits per heavy atom. The van der Waals surface area contributed by atoms with Gasteiger partial charge in [-0.25, -0.2) is 9.37 Å². The van der Waals surface area contributed by atoms with Crippen molar-refractivity contribution >= 4 is 76.5 Å². The van der Waals surface area contributed by atoms with E-state index in [0.29, 0.717) is 50.0 Å². The largest absolute Gasteiger partial charge is 0.490 e. The van der Waals surface area contributed by atoms with Crippen LogP contribution in [-0.4, -0.2) is 35.0 Å². The average Bonchev–Trinajstić information content (AvgIpc) is 2.92. The van der Waals surface area contributed by atoms with Gasteiger partial charge in [0.25, 0.3) is 11.5 Å². The molecule has 8 nitrogen and oxygen atoms in total. The van der Waals surface area contributed by atoms with Gasteiger partial charge < -0.3 is 14.8 Å². The maximum Gasteiger partial charge on any atom is 0.282 e. The molecule has 12 heteroatoms. The zero-order chi connectivity index (χ0) is 28.1. The van der Waals surface area contributed by atoms with Crippen molar-refractivity contribution in [1.82, 2.24) is 9.66 Å². The van der Waals surface area contributed by atoms with Crippen molar-refractivity contribution in [2.45, 2.75) is 20.3 Å². The Morgan fingerprint density at radius 3 is 2.59 bits per heavy atom. The van der Waals surface area contributed by atoms with Crippen LogP contribution in [0, 0.1) is 5.82 Å². The molecule has 0 aliphatic rings. The highest BCUT2D eigenvalue weighted by molar-refractivity contribution is 9.13. The SMILES string of the molecule is CCOc1cc(C=Nn2c(CC)nc3ccc(Br)cc3c2=O)c(Br)c(Br)c1OCC(=O)Nc1ccccc1F. The normalized spacial score (nSPS) is 11.2. The number of rotatable bonds is 9. The summed E-state index contributed by atoms with van der Waals surface area (Å²) in [7, 11) is 0. The minimum atomic E-state index is -0.548. The van der Waals surface area contributed by atoms with E-state index in [2.05, 4.69) is 63.2 Å². The molecular formula is C27H22Br3FN4O4. The molecule has 1 aromatic heterocycles. The molecule has 1 heterocycles. The molecule has 4 aromatic rings. The Labute approximate surface area is 248 Å². The van der Waals surface area contributed by atoms with Crippen molar-refractivity contribution in [3.05, 3.63) is 89.5 Å². The minimum Gasteiger partial charge on any atom is -0.490 e. The van der Waals surface area contributed by atoms with E-state index >= 15 is 0 Å². The van der Waals surface area contributed by atoms with E-state index in [0.717, 1.165) is 4.47 Å². The number of hydrogen-bond acceptors (Lipinski definition) is 6. The molecule has 0 fully saturated rings. The van der Waals surface area contributed by atoms with Gasteiger partial charge in [-0.05, 0) is 75.2 Å². The number of carbonyl (C=O) groups is 1. The van der Waals surface area contributed by atoms with Crippen LogP contribution in [0.2, 0.25) is 0 Å². The van der Waals surface area contributed by atoms with Gasteiger partial charge in [-0.3, -0.25) is 9.59 Å². The molecule has 0 saturated carbocycles. The van der Waals surface area contributed by atoms with E-state index in [1.54, 1.807) is 24.3 Å². The van der Waals surface area contributed by atoms with Crippen LogP contribution in [0.15, 0.2) is 71.8 Å². The second-order valence-electron chi connectivity index (χ2n) is 8.08. The number of para-hydroxylation sites is 1. The molecule has 39 heavy (non-hydrogen) atoms. The van der Waals surface area contributed by atoms with Crippen LogP contribution in [0.4, 0.5) is 10.1 Å². The number of amides is 1. The van der Waals surface area contributed by atoms with Crippen molar-refractivity contribution in [3.8, 4) is 11.5 Å². The van der Waals surface area contributed by atoms with Gasteiger partial charge in [0.1, 0.15) is 11.6 Å². The highest BCUT2D eigenvalue weighted by atomic mass is 79.9. The summed E-state index contributed by atoms with van der Waals surface area (Å²) in [5.41, 5.74) is 0.932. The number of halogens is 4. The Bertz CT molecular complexity index is 1640. The molecule has 1 amide bonds. The van der Waals surface area contributed by atoms with Crippen LogP contribution >= 0.6 is 47.8 Å². The fourth-order valence-electron chi connectivity index (χ4n) is 3.65. The molecule has 0 unspecified atom stereocenters. The van der Waals surface area contributed by atoms with Gasteiger partial charge in [-0.2, -0.15) is 9.78 Å². The lowest BCUT2D eigenvalue weighted by Gasteiger charge is -2.16. The lowest BCUT2D eigenvalue weighted by molar-refractivity contribution is -0.118. The van der Waals surface area contributed by atoms with Crippen LogP contribution in [-0.2, 0) is 11.2 Å². The zero-order valence-electron chi connectivity index (χ0n) is 20.8. The second-order valence-corrected chi connectivity index (χ2v) is 10.6. The summed E-state index contributed by atoms with van der Waals surface area (Å²) in [4.78, 5) is 30.2. The predicted molar refractivity (Wildman–Crippen MR) is 160 cm³/mol. The Kier molecular flexibility index (Phi) is 9.52. The Hall–Kier alpha value is -3.09. The average molecular weight is 725 g/mol. The minimum absolute atomic E-state index is 0.0557. The number of aromatic nitrogens is 2. The van der Waals surface area contributed by atoms with Gasteiger partial charge in [0, 0.05) is 20.9 Å². The van der Waals surface area contributed by atoms with Crippen LogP contribution in [0.1, 0.15) is 25.2 Å². The van der Waals surface area contributed by atoms with E-state index in [1.807, 2.05) is 19.9 Å². The number of benzene rings is 3. The lowest BCUT2D eigenvalue weighted by Crippen LogP contribution is -2.22. The fourth-order valence-corrected chi connectivity index (χ4v) is 4.94. The monoisotopic (exact) mass is 722 g/mol. The lowest BCUT2D eigenvalue weighted by atomic mass is 10.2. The third-order valence-electron chi connectivity index (χ3n) is 5.46. The van der Waals surface area contributed by atoms with E-state index in [1.165, 1.54) is 29.1 Å². The third-order valence-corrected chi connectivity index (χ3v) is 8.09. The first-order chi connectivity index (χ1) is 18.7. The number of nitrogens with zero attached hydrogens (tertiary/aromatic N) is 3. The standard InChI is InChI=1S/C27H22Br3FN4O4/c1-3-22-33-19-10-9-16(28)12-17(19)27(37)35(22)32-13-15-11-21(38-4-2)26(25(30)24(15)29)39-14-23(36)34-20-8-6-5-7-18(20)31/h5-13H,3-4,14H2,1-2H3,(H,34,36). The smallest absolute Gasteiger partial charge is 0.282 e. The fraction of sp³-hybridized carbons (Fsp3) is 0.185. The first-order valence-electron chi connectivity index (χ1n) is 11.8. The van der Waals surface area contributed by atoms with E-state index in [-0.39, 0.29) is 23.6 Å². The summed E-state index contributed by atoms with van der Waals surface area (Å²) in [5, 5.41) is 7.36. The molecule has 3 aromatic carbocycles. The van der Waals surface area contributed by atoms with Crippen molar-refractivity contribution in [2.75, 3.05) is 18.5 Å². The molecule has 0 atom stereocenters. The summed E-state index contributed by atoms with van der Waals surface area (Å²) in [6.07, 6.45) is 2.01. The second kappa shape index (κ2) is 12.8. The molecule has 1 N–H and O–H groups in total. The number of fused-ring (bicyclic) bond motifs is 1. The van der Waals surface area contributed by atoms with E-state index in [4.69, 9.17) is 9.47 Å². The number of anilines is 1.